The van der Waals surface area contributed by atoms with E-state index in [9.17, 15) is 14.4 Å². The van der Waals surface area contributed by atoms with Gasteiger partial charge in [-0.2, -0.15) is 0 Å². The van der Waals surface area contributed by atoms with Gasteiger partial charge in [0, 0.05) is 6.04 Å². The van der Waals surface area contributed by atoms with Crippen LogP contribution in [0.25, 0.3) is 0 Å². The zero-order chi connectivity index (χ0) is 16.1. The lowest BCUT2D eigenvalue weighted by Crippen LogP contribution is -2.51. The summed E-state index contributed by atoms with van der Waals surface area (Å²) in [5, 5.41) is 3.04. The number of likely N-dealkylation sites (tertiary alicyclic amines) is 1. The highest BCUT2D eigenvalue weighted by molar-refractivity contribution is 6.09. The Bertz CT molecular complexity index is 549. The SMILES string of the molecule is C[C@@H](C(=O)NC1CCCCC1)N1C(=O)[C@@H]2[C@H](C1=O)[C@@H]1C=C[C@H]2C1. The molecule has 1 heterocycles. The number of carbonyl (C=O) groups excluding carboxylic acids is 3. The summed E-state index contributed by atoms with van der Waals surface area (Å²) in [7, 11) is 0. The summed E-state index contributed by atoms with van der Waals surface area (Å²) in [6.45, 7) is 1.68. The smallest absolute Gasteiger partial charge is 0.243 e. The Morgan fingerprint density at radius 1 is 1.09 bits per heavy atom. The van der Waals surface area contributed by atoms with Crippen LogP contribution in [0.5, 0.6) is 0 Å². The van der Waals surface area contributed by atoms with Crippen LogP contribution in [-0.4, -0.2) is 34.7 Å². The Kier molecular flexibility index (Phi) is 3.54. The largest absolute Gasteiger partial charge is 0.352 e. The van der Waals surface area contributed by atoms with E-state index < -0.39 is 6.04 Å². The average molecular weight is 316 g/mol. The van der Waals surface area contributed by atoms with E-state index in [4.69, 9.17) is 0 Å². The van der Waals surface area contributed by atoms with Crippen LogP contribution < -0.4 is 5.32 Å². The van der Waals surface area contributed by atoms with Crippen LogP contribution in [0.15, 0.2) is 12.2 Å². The molecule has 1 N–H and O–H groups in total. The Labute approximate surface area is 136 Å². The van der Waals surface area contributed by atoms with Gasteiger partial charge in [-0.05, 0) is 38.0 Å². The fourth-order valence-electron chi connectivity index (χ4n) is 4.99. The van der Waals surface area contributed by atoms with Crippen molar-refractivity contribution in [2.24, 2.45) is 23.7 Å². The number of nitrogens with one attached hydrogen (secondary N) is 1. The van der Waals surface area contributed by atoms with Crippen LogP contribution in [0.4, 0.5) is 0 Å². The summed E-state index contributed by atoms with van der Waals surface area (Å²) in [4.78, 5) is 39.2. The maximum Gasteiger partial charge on any atom is 0.243 e. The summed E-state index contributed by atoms with van der Waals surface area (Å²) in [5.74, 6) is -0.504. The summed E-state index contributed by atoms with van der Waals surface area (Å²) >= 11 is 0. The van der Waals surface area contributed by atoms with Crippen molar-refractivity contribution in [2.75, 3.05) is 0 Å². The van der Waals surface area contributed by atoms with E-state index in [2.05, 4.69) is 17.5 Å². The predicted octanol–water partition coefficient (Wildman–Crippen LogP) is 1.63. The van der Waals surface area contributed by atoms with Gasteiger partial charge >= 0.3 is 0 Å². The van der Waals surface area contributed by atoms with E-state index in [-0.39, 0.29) is 47.4 Å². The van der Waals surface area contributed by atoms with Crippen LogP contribution in [0, 0.1) is 23.7 Å². The van der Waals surface area contributed by atoms with Crippen molar-refractivity contribution in [3.8, 4) is 0 Å². The highest BCUT2D eigenvalue weighted by Gasteiger charge is 2.60. The first-order chi connectivity index (χ1) is 11.1. The van der Waals surface area contributed by atoms with Crippen LogP contribution in [-0.2, 0) is 14.4 Å². The number of hydrogen-bond donors (Lipinski definition) is 1. The number of rotatable bonds is 3. The fraction of sp³-hybridized carbons (Fsp3) is 0.722. The van der Waals surface area contributed by atoms with E-state index in [0.717, 1.165) is 32.1 Å². The molecule has 23 heavy (non-hydrogen) atoms. The van der Waals surface area contributed by atoms with Gasteiger partial charge in [-0.25, -0.2) is 0 Å². The van der Waals surface area contributed by atoms with Gasteiger partial charge in [-0.1, -0.05) is 31.4 Å². The number of fused-ring (bicyclic) bond motifs is 5. The molecule has 0 unspecified atom stereocenters. The van der Waals surface area contributed by atoms with Crippen molar-refractivity contribution in [3.05, 3.63) is 12.2 Å². The van der Waals surface area contributed by atoms with E-state index in [0.29, 0.717) is 0 Å². The Hall–Kier alpha value is -1.65. The van der Waals surface area contributed by atoms with Crippen molar-refractivity contribution in [2.45, 2.75) is 57.5 Å². The summed E-state index contributed by atoms with van der Waals surface area (Å²) in [6.07, 6.45) is 10.6. The van der Waals surface area contributed by atoms with Crippen molar-refractivity contribution in [1.29, 1.82) is 0 Å². The van der Waals surface area contributed by atoms with E-state index in [1.807, 2.05) is 0 Å². The van der Waals surface area contributed by atoms with Gasteiger partial charge in [-0.15, -0.1) is 0 Å². The lowest BCUT2D eigenvalue weighted by Gasteiger charge is -2.28. The molecule has 1 saturated heterocycles. The van der Waals surface area contributed by atoms with Gasteiger partial charge in [0.25, 0.3) is 0 Å². The molecule has 124 valence electrons. The lowest BCUT2D eigenvalue weighted by atomic mass is 9.85. The second-order valence-electron chi connectivity index (χ2n) is 7.57. The molecule has 5 atom stereocenters. The van der Waals surface area contributed by atoms with Crippen molar-refractivity contribution >= 4 is 17.7 Å². The molecule has 3 fully saturated rings. The number of imide groups is 1. The first-order valence-corrected chi connectivity index (χ1v) is 8.93. The molecule has 3 aliphatic carbocycles. The number of allylic oxidation sites excluding steroid dienone is 2. The van der Waals surface area contributed by atoms with Gasteiger partial charge in [0.1, 0.15) is 6.04 Å². The highest BCUT2D eigenvalue weighted by Crippen LogP contribution is 2.52. The number of carbonyl (C=O) groups is 3. The van der Waals surface area contributed by atoms with Crippen molar-refractivity contribution in [1.82, 2.24) is 10.2 Å². The van der Waals surface area contributed by atoms with Gasteiger partial charge in [0.05, 0.1) is 11.8 Å². The minimum Gasteiger partial charge on any atom is -0.352 e. The van der Waals surface area contributed by atoms with Crippen LogP contribution in [0.3, 0.4) is 0 Å². The maximum atomic E-state index is 12.7. The van der Waals surface area contributed by atoms with Gasteiger partial charge < -0.3 is 5.32 Å². The average Bonchev–Trinajstić information content (AvgIpc) is 3.22. The lowest BCUT2D eigenvalue weighted by molar-refractivity contribution is -0.148. The molecule has 0 aromatic rings. The predicted molar refractivity (Wildman–Crippen MR) is 84.0 cm³/mol. The van der Waals surface area contributed by atoms with E-state index in [1.165, 1.54) is 11.3 Å². The molecular weight excluding hydrogens is 292 g/mol. The first-order valence-electron chi connectivity index (χ1n) is 8.93. The van der Waals surface area contributed by atoms with Crippen LogP contribution in [0.2, 0.25) is 0 Å². The zero-order valence-corrected chi connectivity index (χ0v) is 13.5. The molecule has 3 amide bonds. The Morgan fingerprint density at radius 3 is 2.22 bits per heavy atom. The van der Waals surface area contributed by atoms with Crippen molar-refractivity contribution < 1.29 is 14.4 Å². The van der Waals surface area contributed by atoms with Crippen molar-refractivity contribution in [3.63, 3.8) is 0 Å². The normalized spacial score (nSPS) is 37.3. The molecule has 0 aromatic heterocycles. The molecule has 4 aliphatic rings. The topological polar surface area (TPSA) is 66.5 Å². The second-order valence-corrected chi connectivity index (χ2v) is 7.57. The number of hydrogen-bond acceptors (Lipinski definition) is 3. The fourth-order valence-corrected chi connectivity index (χ4v) is 4.99. The summed E-state index contributed by atoms with van der Waals surface area (Å²) in [6, 6.07) is -0.495. The van der Waals surface area contributed by atoms with Gasteiger partial charge in [0.15, 0.2) is 0 Å². The monoisotopic (exact) mass is 316 g/mol. The number of amides is 3. The third-order valence-corrected chi connectivity index (χ3v) is 6.22. The number of nitrogens with zero attached hydrogens (tertiary/aromatic N) is 1. The molecule has 0 spiro atoms. The summed E-state index contributed by atoms with van der Waals surface area (Å²) in [5.41, 5.74) is 0. The molecule has 0 radical (unpaired) electrons. The van der Waals surface area contributed by atoms with Crippen LogP contribution in [0.1, 0.15) is 45.4 Å². The molecule has 1 aliphatic heterocycles. The molecule has 5 heteroatoms. The maximum absolute atomic E-state index is 12.7. The van der Waals surface area contributed by atoms with Gasteiger partial charge in [0.2, 0.25) is 17.7 Å². The summed E-state index contributed by atoms with van der Waals surface area (Å²) < 4.78 is 0. The Morgan fingerprint density at radius 2 is 1.65 bits per heavy atom. The Balaban J connectivity index is 1.46. The second kappa shape index (κ2) is 5.46. The van der Waals surface area contributed by atoms with E-state index >= 15 is 0 Å². The molecule has 2 saturated carbocycles. The molecule has 4 rings (SSSR count). The quantitative estimate of drug-likeness (QED) is 0.636. The molecule has 2 bridgehead atoms. The minimum atomic E-state index is -0.693. The minimum absolute atomic E-state index is 0.136. The highest BCUT2D eigenvalue weighted by atomic mass is 16.2. The zero-order valence-electron chi connectivity index (χ0n) is 13.5. The van der Waals surface area contributed by atoms with Gasteiger partial charge in [-0.3, -0.25) is 19.3 Å². The third kappa shape index (κ3) is 2.24. The molecule has 0 aromatic carbocycles. The standard InChI is InChI=1S/C18H24N2O3/c1-10(16(21)19-13-5-3-2-4-6-13)20-17(22)14-11-7-8-12(9-11)15(14)18(20)23/h7-8,10-15H,2-6,9H2,1H3,(H,19,21)/t10-,11-,12+,14-,15+/m0/s1. The van der Waals surface area contributed by atoms with E-state index in [1.54, 1.807) is 6.92 Å². The molecule has 5 nitrogen and oxygen atoms in total. The first kappa shape index (κ1) is 14.9. The van der Waals surface area contributed by atoms with Crippen LogP contribution >= 0.6 is 0 Å². The third-order valence-electron chi connectivity index (χ3n) is 6.22. The molecular formula is C18H24N2O3.